The number of nitrogens with two attached hydrogens (primary N) is 1. The summed E-state index contributed by atoms with van der Waals surface area (Å²) < 4.78 is 0. The minimum Gasteiger partial charge on any atom is -0.349 e. The predicted octanol–water partition coefficient (Wildman–Crippen LogP) is 4.59. The first kappa shape index (κ1) is 27.3. The lowest BCUT2D eigenvalue weighted by molar-refractivity contribution is -0.132. The number of carbonyl (C=O) groups excluding carboxylic acids is 2. The number of carbonyl (C=O) groups is 2. The van der Waals surface area contributed by atoms with E-state index in [1.54, 1.807) is 0 Å². The minimum absolute atomic E-state index is 0.0179. The van der Waals surface area contributed by atoms with Gasteiger partial charge in [0.1, 0.15) is 0 Å². The average molecular weight is 528 g/mol. The zero-order valence-electron chi connectivity index (χ0n) is 23.1. The topological polar surface area (TPSA) is 91.6 Å². The van der Waals surface area contributed by atoms with Gasteiger partial charge in [0, 0.05) is 68.2 Å². The van der Waals surface area contributed by atoms with Crippen molar-refractivity contribution < 1.29 is 9.59 Å². The van der Waals surface area contributed by atoms with Crippen LogP contribution in [0.3, 0.4) is 0 Å². The first-order valence-electron chi connectivity index (χ1n) is 14.5. The molecule has 1 saturated heterocycles. The molecule has 2 aromatic carbocycles. The molecule has 3 N–H and O–H groups in total. The van der Waals surface area contributed by atoms with Crippen molar-refractivity contribution in [3.05, 3.63) is 65.7 Å². The Hall–Kier alpha value is -3.29. The summed E-state index contributed by atoms with van der Waals surface area (Å²) in [6.45, 7) is 5.96. The van der Waals surface area contributed by atoms with Crippen LogP contribution in [0.2, 0.25) is 0 Å². The molecule has 0 spiro atoms. The van der Waals surface area contributed by atoms with Crippen LogP contribution >= 0.6 is 0 Å². The number of pyridine rings is 1. The highest BCUT2D eigenvalue weighted by molar-refractivity contribution is 6.09. The highest BCUT2D eigenvalue weighted by atomic mass is 16.2. The third-order valence-electron chi connectivity index (χ3n) is 8.45. The number of aromatic nitrogens is 1. The number of para-hydroxylation sites is 1. The molecule has 1 saturated carbocycles. The van der Waals surface area contributed by atoms with Gasteiger partial charge < -0.3 is 16.0 Å². The Kier molecular flexibility index (Phi) is 8.89. The number of rotatable bonds is 8. The van der Waals surface area contributed by atoms with Gasteiger partial charge in [-0.15, -0.1) is 0 Å². The van der Waals surface area contributed by atoms with E-state index in [2.05, 4.69) is 29.3 Å². The Morgan fingerprint density at radius 2 is 1.67 bits per heavy atom. The summed E-state index contributed by atoms with van der Waals surface area (Å²) in [7, 11) is 0. The maximum atomic E-state index is 14.1. The fraction of sp³-hybridized carbons (Fsp3) is 0.469. The van der Waals surface area contributed by atoms with Gasteiger partial charge in [-0.25, -0.2) is 4.98 Å². The van der Waals surface area contributed by atoms with Crippen LogP contribution in [0.1, 0.15) is 61.4 Å². The maximum Gasteiger partial charge on any atom is 0.252 e. The summed E-state index contributed by atoms with van der Waals surface area (Å²) in [5.74, 6) is 0.619. The number of piperazine rings is 1. The van der Waals surface area contributed by atoms with Gasteiger partial charge in [-0.05, 0) is 31.7 Å². The van der Waals surface area contributed by atoms with Gasteiger partial charge in [0.15, 0.2) is 0 Å². The van der Waals surface area contributed by atoms with Crippen molar-refractivity contribution in [2.24, 2.45) is 11.7 Å². The van der Waals surface area contributed by atoms with Crippen molar-refractivity contribution in [3.8, 4) is 11.3 Å². The molecule has 3 aromatic rings. The molecule has 0 bridgehead atoms. The number of hydrogen-bond donors (Lipinski definition) is 2. The van der Waals surface area contributed by atoms with Crippen LogP contribution in [-0.2, 0) is 11.3 Å². The lowest BCUT2D eigenvalue weighted by Crippen LogP contribution is -2.48. The molecule has 5 rings (SSSR count). The molecule has 7 nitrogen and oxygen atoms in total. The SMILES string of the molecule is CC(NC(=O)c1c(CN2CCN(C(=O)CCN)CC2)c(-c2ccccc2)nc2ccccc12)C1CCCCC1. The van der Waals surface area contributed by atoms with E-state index in [9.17, 15) is 9.59 Å². The zero-order valence-corrected chi connectivity index (χ0v) is 23.1. The normalized spacial score (nSPS) is 17.7. The van der Waals surface area contributed by atoms with Gasteiger partial charge >= 0.3 is 0 Å². The Balaban J connectivity index is 1.51. The lowest BCUT2D eigenvalue weighted by atomic mass is 9.84. The molecule has 1 aliphatic heterocycles. The molecule has 1 unspecified atom stereocenters. The van der Waals surface area contributed by atoms with Crippen LogP contribution < -0.4 is 11.1 Å². The Morgan fingerprint density at radius 3 is 2.38 bits per heavy atom. The van der Waals surface area contributed by atoms with Gasteiger partial charge in [0.25, 0.3) is 5.91 Å². The number of fused-ring (bicyclic) bond motifs is 1. The van der Waals surface area contributed by atoms with Crippen LogP contribution in [0, 0.1) is 5.92 Å². The average Bonchev–Trinajstić information content (AvgIpc) is 2.98. The van der Waals surface area contributed by atoms with Crippen molar-refractivity contribution in [2.75, 3.05) is 32.7 Å². The van der Waals surface area contributed by atoms with Gasteiger partial charge in [0.2, 0.25) is 5.91 Å². The van der Waals surface area contributed by atoms with Crippen molar-refractivity contribution in [1.29, 1.82) is 0 Å². The second kappa shape index (κ2) is 12.7. The number of amides is 2. The molecule has 7 heteroatoms. The van der Waals surface area contributed by atoms with E-state index in [4.69, 9.17) is 10.7 Å². The quantitative estimate of drug-likeness (QED) is 0.447. The molecule has 206 valence electrons. The highest BCUT2D eigenvalue weighted by Crippen LogP contribution is 2.33. The van der Waals surface area contributed by atoms with E-state index in [0.29, 0.717) is 38.5 Å². The summed E-state index contributed by atoms with van der Waals surface area (Å²) >= 11 is 0. The largest absolute Gasteiger partial charge is 0.349 e. The second-order valence-electron chi connectivity index (χ2n) is 11.1. The monoisotopic (exact) mass is 527 g/mol. The molecular formula is C32H41N5O2. The molecule has 39 heavy (non-hydrogen) atoms. The number of hydrogen-bond acceptors (Lipinski definition) is 5. The summed E-state index contributed by atoms with van der Waals surface area (Å²) in [5.41, 5.74) is 9.97. The predicted molar refractivity (Wildman–Crippen MR) is 156 cm³/mol. The van der Waals surface area contributed by atoms with Gasteiger partial charge in [-0.2, -0.15) is 0 Å². The first-order chi connectivity index (χ1) is 19.0. The van der Waals surface area contributed by atoms with Crippen molar-refractivity contribution >= 4 is 22.7 Å². The Labute approximate surface area is 231 Å². The molecule has 1 aromatic heterocycles. The molecule has 0 radical (unpaired) electrons. The van der Waals surface area contributed by atoms with Crippen molar-refractivity contribution in [3.63, 3.8) is 0 Å². The van der Waals surface area contributed by atoms with Crippen LogP contribution in [0.15, 0.2) is 54.6 Å². The molecule has 2 aliphatic rings. The van der Waals surface area contributed by atoms with E-state index in [1.807, 2.05) is 47.4 Å². The fourth-order valence-electron chi connectivity index (χ4n) is 6.19. The molecule has 1 atom stereocenters. The number of benzene rings is 2. The van der Waals surface area contributed by atoms with Crippen LogP contribution in [-0.4, -0.2) is 65.4 Å². The maximum absolute atomic E-state index is 14.1. The number of nitrogens with one attached hydrogen (secondary N) is 1. The van der Waals surface area contributed by atoms with E-state index < -0.39 is 0 Å². The number of nitrogens with zero attached hydrogens (tertiary/aromatic N) is 3. The Morgan fingerprint density at radius 1 is 0.974 bits per heavy atom. The lowest BCUT2D eigenvalue weighted by Gasteiger charge is -2.35. The summed E-state index contributed by atoms with van der Waals surface area (Å²) in [6.07, 6.45) is 6.51. The fourth-order valence-corrected chi connectivity index (χ4v) is 6.19. The van der Waals surface area contributed by atoms with E-state index in [-0.39, 0.29) is 17.9 Å². The zero-order chi connectivity index (χ0) is 27.2. The summed E-state index contributed by atoms with van der Waals surface area (Å²) in [6, 6.07) is 18.3. The second-order valence-corrected chi connectivity index (χ2v) is 11.1. The highest BCUT2D eigenvalue weighted by Gasteiger charge is 2.28. The smallest absolute Gasteiger partial charge is 0.252 e. The third kappa shape index (κ3) is 6.31. The molecule has 1 aliphatic carbocycles. The van der Waals surface area contributed by atoms with Crippen molar-refractivity contribution in [1.82, 2.24) is 20.1 Å². The van der Waals surface area contributed by atoms with Gasteiger partial charge in [0.05, 0.1) is 16.8 Å². The molecule has 2 fully saturated rings. The summed E-state index contributed by atoms with van der Waals surface area (Å²) in [4.78, 5) is 35.9. The van der Waals surface area contributed by atoms with E-state index in [1.165, 1.54) is 32.1 Å². The van der Waals surface area contributed by atoms with Gasteiger partial charge in [-0.3, -0.25) is 14.5 Å². The Bertz CT molecular complexity index is 1280. The molecule has 2 amide bonds. The van der Waals surface area contributed by atoms with Gasteiger partial charge in [-0.1, -0.05) is 67.8 Å². The van der Waals surface area contributed by atoms with Crippen LogP contribution in [0.5, 0.6) is 0 Å². The summed E-state index contributed by atoms with van der Waals surface area (Å²) in [5, 5.41) is 4.29. The molecular weight excluding hydrogens is 486 g/mol. The first-order valence-corrected chi connectivity index (χ1v) is 14.5. The molecule has 2 heterocycles. The standard InChI is InChI=1S/C32H41N5O2/c1-23(24-10-4-2-5-11-24)34-32(39)30-26-14-8-9-15-28(26)35-31(25-12-6-3-7-13-25)27(30)22-36-18-20-37(21-19-36)29(38)16-17-33/h3,6-9,12-15,23-24H,2,4-5,10-11,16-22,33H2,1H3,(H,34,39). The van der Waals surface area contributed by atoms with Crippen LogP contribution in [0.4, 0.5) is 0 Å². The minimum atomic E-state index is -0.0179. The van der Waals surface area contributed by atoms with E-state index >= 15 is 0 Å². The third-order valence-corrected chi connectivity index (χ3v) is 8.45. The van der Waals surface area contributed by atoms with E-state index in [0.717, 1.165) is 46.4 Å². The van der Waals surface area contributed by atoms with Crippen molar-refractivity contribution in [2.45, 2.75) is 58.0 Å². The van der Waals surface area contributed by atoms with Crippen LogP contribution in [0.25, 0.3) is 22.2 Å².